The van der Waals surface area contributed by atoms with Crippen LogP contribution >= 0.6 is 0 Å². The van der Waals surface area contributed by atoms with Crippen LogP contribution in [-0.4, -0.2) is 87.1 Å². The number of nitrogens with zero attached hydrogens (tertiary/aromatic N) is 11. The largest absolute Gasteiger partial charge is 0.436 e. The van der Waals surface area contributed by atoms with Gasteiger partial charge in [-0.2, -0.15) is 8.78 Å². The average molecular weight is 598 g/mol. The Morgan fingerprint density at radius 1 is 0.955 bits per heavy atom. The van der Waals surface area contributed by atoms with Gasteiger partial charge in [-0.3, -0.25) is 14.7 Å². The topological polar surface area (TPSA) is 137 Å². The van der Waals surface area contributed by atoms with E-state index in [1.165, 1.54) is 0 Å². The number of benzene rings is 2. The van der Waals surface area contributed by atoms with Gasteiger partial charge in [0.25, 0.3) is 5.91 Å². The molecular formula is C29H25F2N11O2. The number of hydrogen-bond donors (Lipinski definition) is 0. The highest BCUT2D eigenvalue weighted by Gasteiger charge is 2.32. The predicted molar refractivity (Wildman–Crippen MR) is 152 cm³/mol. The average Bonchev–Trinajstić information content (AvgIpc) is 3.82. The van der Waals surface area contributed by atoms with E-state index in [1.807, 2.05) is 55.6 Å². The summed E-state index contributed by atoms with van der Waals surface area (Å²) >= 11 is 0. The second-order valence-corrected chi connectivity index (χ2v) is 10.3. The molecule has 1 saturated heterocycles. The van der Waals surface area contributed by atoms with E-state index in [0.717, 1.165) is 16.8 Å². The Balaban J connectivity index is 1.08. The number of amides is 1. The number of alkyl halides is 2. The molecule has 0 bridgehead atoms. The number of pyridine rings is 1. The first-order valence-electron chi connectivity index (χ1n) is 13.8. The van der Waals surface area contributed by atoms with Crippen LogP contribution in [0, 0.1) is 0 Å². The zero-order chi connectivity index (χ0) is 30.2. The Hall–Kier alpha value is -5.44. The molecule has 1 atom stereocenters. The highest BCUT2D eigenvalue weighted by atomic mass is 19.3. The molecule has 15 heteroatoms. The van der Waals surface area contributed by atoms with Crippen molar-refractivity contribution in [2.75, 3.05) is 26.2 Å². The number of hydrogen-bond acceptors (Lipinski definition) is 10. The summed E-state index contributed by atoms with van der Waals surface area (Å²) in [6, 6.07) is 18.0. The Morgan fingerprint density at radius 3 is 2.50 bits per heavy atom. The van der Waals surface area contributed by atoms with Crippen molar-refractivity contribution in [3.05, 3.63) is 90.1 Å². The number of rotatable bonds is 7. The third-order valence-corrected chi connectivity index (χ3v) is 7.57. The van der Waals surface area contributed by atoms with E-state index < -0.39 is 12.6 Å². The Bertz CT molecular complexity index is 1930. The number of fused-ring (bicyclic) bond motifs is 1. The summed E-state index contributed by atoms with van der Waals surface area (Å²) in [6.07, 6.45) is 3.24. The summed E-state index contributed by atoms with van der Waals surface area (Å²) in [5.41, 5.74) is 4.75. The summed E-state index contributed by atoms with van der Waals surface area (Å²) in [4.78, 5) is 26.6. The molecular weight excluding hydrogens is 572 g/mol. The number of carbonyl (C=O) groups excluding carboxylic acids is 1. The summed E-state index contributed by atoms with van der Waals surface area (Å²) in [5.74, 6) is 0.316. The second-order valence-electron chi connectivity index (χ2n) is 10.3. The molecule has 0 N–H and O–H groups in total. The second kappa shape index (κ2) is 11.3. The smallest absolute Gasteiger partial charge is 0.350 e. The van der Waals surface area contributed by atoms with Gasteiger partial charge in [0.1, 0.15) is 11.2 Å². The van der Waals surface area contributed by atoms with Gasteiger partial charge >= 0.3 is 6.55 Å². The summed E-state index contributed by atoms with van der Waals surface area (Å²) in [7, 11) is 1.82. The first kappa shape index (κ1) is 27.4. The highest BCUT2D eigenvalue weighted by molar-refractivity contribution is 5.93. The number of oxazole rings is 1. The molecule has 1 fully saturated rings. The number of aryl methyl sites for hydroxylation is 1. The number of tetrazole rings is 1. The van der Waals surface area contributed by atoms with Gasteiger partial charge < -0.3 is 9.32 Å². The van der Waals surface area contributed by atoms with Crippen LogP contribution in [-0.2, 0) is 7.05 Å². The molecule has 1 aliphatic heterocycles. The van der Waals surface area contributed by atoms with E-state index >= 15 is 0 Å². The summed E-state index contributed by atoms with van der Waals surface area (Å²) < 4.78 is 34.0. The van der Waals surface area contributed by atoms with Crippen molar-refractivity contribution in [2.45, 2.75) is 12.6 Å². The lowest BCUT2D eigenvalue weighted by molar-refractivity contribution is 0.0385. The van der Waals surface area contributed by atoms with Crippen molar-refractivity contribution in [1.29, 1.82) is 0 Å². The molecule has 5 heterocycles. The predicted octanol–water partition coefficient (Wildman–Crippen LogP) is 3.61. The maximum Gasteiger partial charge on any atom is 0.350 e. The quantitative estimate of drug-likeness (QED) is 0.268. The van der Waals surface area contributed by atoms with Crippen LogP contribution in [0.5, 0.6) is 0 Å². The standard InChI is InChI=1S/C29H25F2N11O2/c1-39-23(17-33-37-39)19-7-8-24-21(15-19)34-27(44-24)20-9-10-32-22(16-20)28(43)41-13-11-40(12-14-41)25(18-5-3-2-4-6-18)26-35-38-42(36-26)29(30)31/h2-10,15-17,25,29H,11-14H2,1H3. The van der Waals surface area contributed by atoms with Crippen LogP contribution in [0.1, 0.15) is 34.5 Å². The van der Waals surface area contributed by atoms with E-state index in [1.54, 1.807) is 34.1 Å². The molecule has 0 aliphatic carbocycles. The number of aromatic nitrogens is 9. The molecule has 2 aromatic carbocycles. The van der Waals surface area contributed by atoms with Gasteiger partial charge in [0, 0.05) is 50.6 Å². The first-order valence-corrected chi connectivity index (χ1v) is 13.8. The highest BCUT2D eigenvalue weighted by Crippen LogP contribution is 2.30. The lowest BCUT2D eigenvalue weighted by Crippen LogP contribution is -2.50. The maximum atomic E-state index is 13.5. The van der Waals surface area contributed by atoms with E-state index in [0.29, 0.717) is 53.5 Å². The van der Waals surface area contributed by atoms with E-state index in [2.05, 4.69) is 40.6 Å². The number of halogens is 2. The van der Waals surface area contributed by atoms with Crippen molar-refractivity contribution in [1.82, 2.24) is 55.0 Å². The maximum absolute atomic E-state index is 13.5. The normalized spacial score (nSPS) is 14.9. The van der Waals surface area contributed by atoms with Crippen molar-refractivity contribution in [2.24, 2.45) is 7.05 Å². The number of piperazine rings is 1. The minimum Gasteiger partial charge on any atom is -0.436 e. The molecule has 13 nitrogen and oxygen atoms in total. The lowest BCUT2D eigenvalue weighted by Gasteiger charge is -2.38. The summed E-state index contributed by atoms with van der Waals surface area (Å²) in [6.45, 7) is -1.17. The van der Waals surface area contributed by atoms with Crippen LogP contribution in [0.15, 0.2) is 77.5 Å². The van der Waals surface area contributed by atoms with Gasteiger partial charge in [-0.1, -0.05) is 40.3 Å². The number of carbonyl (C=O) groups is 1. The van der Waals surface area contributed by atoms with Gasteiger partial charge in [0.05, 0.1) is 17.9 Å². The zero-order valence-electron chi connectivity index (χ0n) is 23.4. The molecule has 0 spiro atoms. The van der Waals surface area contributed by atoms with Gasteiger partial charge in [-0.05, 0) is 41.1 Å². The Labute approximate surface area is 248 Å². The van der Waals surface area contributed by atoms with Gasteiger partial charge in [0.15, 0.2) is 11.4 Å². The molecule has 0 radical (unpaired) electrons. The Kier molecular flexibility index (Phi) is 7.06. The minimum atomic E-state index is -2.89. The van der Waals surface area contributed by atoms with E-state index in [-0.39, 0.29) is 17.4 Å². The molecule has 7 rings (SSSR count). The molecule has 0 saturated carbocycles. The SMILES string of the molecule is Cn1nncc1-c1ccc2oc(-c3ccnc(C(=O)N4CCN(C(c5ccccc5)c5nnn(C(F)F)n5)CC4)c3)nc2c1. The lowest BCUT2D eigenvalue weighted by atomic mass is 10.0. The Morgan fingerprint density at radius 2 is 1.77 bits per heavy atom. The van der Waals surface area contributed by atoms with Crippen molar-refractivity contribution in [3.8, 4) is 22.7 Å². The monoisotopic (exact) mass is 597 g/mol. The van der Waals surface area contributed by atoms with Crippen molar-refractivity contribution < 1.29 is 18.0 Å². The van der Waals surface area contributed by atoms with Gasteiger partial charge in [0.2, 0.25) is 5.89 Å². The zero-order valence-corrected chi connectivity index (χ0v) is 23.4. The molecule has 222 valence electrons. The van der Waals surface area contributed by atoms with E-state index in [9.17, 15) is 13.6 Å². The molecule has 1 amide bonds. The van der Waals surface area contributed by atoms with E-state index in [4.69, 9.17) is 4.42 Å². The molecule has 44 heavy (non-hydrogen) atoms. The fourth-order valence-electron chi connectivity index (χ4n) is 5.37. The van der Waals surface area contributed by atoms with Crippen molar-refractivity contribution in [3.63, 3.8) is 0 Å². The van der Waals surface area contributed by atoms with Crippen LogP contribution in [0.25, 0.3) is 33.8 Å². The van der Waals surface area contributed by atoms with Gasteiger partial charge in [-0.25, -0.2) is 9.67 Å². The minimum absolute atomic E-state index is 0.174. The van der Waals surface area contributed by atoms with Crippen LogP contribution in [0.2, 0.25) is 0 Å². The van der Waals surface area contributed by atoms with Crippen molar-refractivity contribution >= 4 is 17.0 Å². The van der Waals surface area contributed by atoms with Crippen LogP contribution in [0.4, 0.5) is 8.78 Å². The molecule has 4 aromatic heterocycles. The first-order chi connectivity index (χ1) is 21.4. The molecule has 1 unspecified atom stereocenters. The summed E-state index contributed by atoms with van der Waals surface area (Å²) in [5, 5.41) is 19.3. The van der Waals surface area contributed by atoms with Crippen LogP contribution < -0.4 is 0 Å². The molecule has 1 aliphatic rings. The van der Waals surface area contributed by atoms with Gasteiger partial charge in [-0.15, -0.1) is 15.3 Å². The third kappa shape index (κ3) is 5.17. The van der Waals surface area contributed by atoms with Crippen LogP contribution in [0.3, 0.4) is 0 Å². The fourth-order valence-corrected chi connectivity index (χ4v) is 5.37. The fraction of sp³-hybridized carbons (Fsp3) is 0.241. The third-order valence-electron chi connectivity index (χ3n) is 7.57. The molecule has 6 aromatic rings.